The van der Waals surface area contributed by atoms with Crippen molar-refractivity contribution in [3.8, 4) is 11.6 Å². The Bertz CT molecular complexity index is 658. The molecule has 1 aromatic heterocycles. The Labute approximate surface area is 133 Å². The van der Waals surface area contributed by atoms with Gasteiger partial charge >= 0.3 is 0 Å². The van der Waals surface area contributed by atoms with Gasteiger partial charge in [-0.15, -0.1) is 0 Å². The monoisotopic (exact) mass is 350 g/mol. The number of hydrogen-bond acceptors (Lipinski definition) is 5. The van der Waals surface area contributed by atoms with Crippen LogP contribution in [0.15, 0.2) is 22.7 Å². The van der Waals surface area contributed by atoms with Crippen LogP contribution in [0.5, 0.6) is 11.6 Å². The van der Waals surface area contributed by atoms with E-state index in [2.05, 4.69) is 31.3 Å². The summed E-state index contributed by atoms with van der Waals surface area (Å²) in [5.41, 5.74) is 4.41. The van der Waals surface area contributed by atoms with Crippen molar-refractivity contribution in [3.05, 3.63) is 39.6 Å². The molecule has 2 aromatic rings. The second kappa shape index (κ2) is 6.41. The average molecular weight is 351 g/mol. The number of ether oxygens (including phenoxy) is 1. The highest BCUT2D eigenvalue weighted by Crippen LogP contribution is 2.31. The third-order valence-corrected chi connectivity index (χ3v) is 3.62. The number of anilines is 1. The fraction of sp³-hybridized carbons (Fsp3) is 0.333. The highest BCUT2D eigenvalue weighted by molar-refractivity contribution is 9.10. The maximum atomic E-state index is 5.98. The van der Waals surface area contributed by atoms with Gasteiger partial charge < -0.3 is 10.2 Å². The molecule has 112 valence electrons. The molecule has 21 heavy (non-hydrogen) atoms. The first-order valence-corrected chi connectivity index (χ1v) is 7.50. The van der Waals surface area contributed by atoms with Gasteiger partial charge in [0.1, 0.15) is 11.6 Å². The first kappa shape index (κ1) is 15.7. The van der Waals surface area contributed by atoms with E-state index in [4.69, 9.17) is 10.6 Å². The summed E-state index contributed by atoms with van der Waals surface area (Å²) in [6, 6.07) is 5.88. The molecule has 0 fully saturated rings. The van der Waals surface area contributed by atoms with Gasteiger partial charge in [0, 0.05) is 10.4 Å². The standard InChI is InChI=1S/C15H19BrN4O/c1-8(2)13-18-14(20-17)10(4)15(19-13)21-12-7-11(16)6-5-9(12)3/h5-8H,17H2,1-4H3,(H,18,19,20). The van der Waals surface area contributed by atoms with Crippen LogP contribution in [0.1, 0.15) is 36.7 Å². The van der Waals surface area contributed by atoms with E-state index in [1.54, 1.807) is 0 Å². The van der Waals surface area contributed by atoms with E-state index >= 15 is 0 Å². The molecule has 0 amide bonds. The van der Waals surface area contributed by atoms with Crippen LogP contribution in [0.3, 0.4) is 0 Å². The van der Waals surface area contributed by atoms with Crippen LogP contribution in [0.25, 0.3) is 0 Å². The average Bonchev–Trinajstić information content (AvgIpc) is 2.44. The molecule has 0 spiro atoms. The largest absolute Gasteiger partial charge is 0.438 e. The number of rotatable bonds is 4. The summed E-state index contributed by atoms with van der Waals surface area (Å²) < 4.78 is 6.93. The lowest BCUT2D eigenvalue weighted by atomic mass is 10.2. The lowest BCUT2D eigenvalue weighted by Gasteiger charge is -2.15. The van der Waals surface area contributed by atoms with Crippen LogP contribution in [0.2, 0.25) is 0 Å². The molecule has 0 saturated heterocycles. The zero-order valence-corrected chi connectivity index (χ0v) is 14.2. The van der Waals surface area contributed by atoms with Crippen molar-refractivity contribution in [3.63, 3.8) is 0 Å². The first-order valence-electron chi connectivity index (χ1n) is 6.71. The Morgan fingerprint density at radius 1 is 1.24 bits per heavy atom. The summed E-state index contributed by atoms with van der Waals surface area (Å²) in [7, 11) is 0. The number of aryl methyl sites for hydroxylation is 1. The molecule has 0 unspecified atom stereocenters. The fourth-order valence-corrected chi connectivity index (χ4v) is 2.14. The third kappa shape index (κ3) is 3.51. The van der Waals surface area contributed by atoms with Crippen LogP contribution < -0.4 is 16.0 Å². The van der Waals surface area contributed by atoms with Crippen molar-refractivity contribution in [1.82, 2.24) is 9.97 Å². The molecule has 5 nitrogen and oxygen atoms in total. The minimum atomic E-state index is 0.184. The number of halogens is 1. The van der Waals surface area contributed by atoms with E-state index in [9.17, 15) is 0 Å². The van der Waals surface area contributed by atoms with Crippen molar-refractivity contribution < 1.29 is 4.74 Å². The van der Waals surface area contributed by atoms with Gasteiger partial charge in [0.05, 0.1) is 5.56 Å². The smallest absolute Gasteiger partial charge is 0.227 e. The highest BCUT2D eigenvalue weighted by Gasteiger charge is 2.15. The van der Waals surface area contributed by atoms with E-state index in [1.807, 2.05) is 45.9 Å². The number of nitrogens with two attached hydrogens (primary N) is 1. The van der Waals surface area contributed by atoms with Crippen LogP contribution >= 0.6 is 15.9 Å². The van der Waals surface area contributed by atoms with Crippen molar-refractivity contribution >= 4 is 21.7 Å². The molecule has 0 atom stereocenters. The first-order chi connectivity index (χ1) is 9.92. The number of nitrogens with one attached hydrogen (secondary N) is 1. The van der Waals surface area contributed by atoms with E-state index in [1.165, 1.54) is 0 Å². The molecule has 2 rings (SSSR count). The molecule has 0 bridgehead atoms. The quantitative estimate of drug-likeness (QED) is 0.642. The molecule has 1 aromatic carbocycles. The maximum Gasteiger partial charge on any atom is 0.227 e. The van der Waals surface area contributed by atoms with E-state index in [-0.39, 0.29) is 5.92 Å². The van der Waals surface area contributed by atoms with Gasteiger partial charge in [0.15, 0.2) is 5.82 Å². The lowest BCUT2D eigenvalue weighted by molar-refractivity contribution is 0.449. The van der Waals surface area contributed by atoms with Gasteiger partial charge in [-0.1, -0.05) is 35.8 Å². The minimum absolute atomic E-state index is 0.184. The highest BCUT2D eigenvalue weighted by atomic mass is 79.9. The van der Waals surface area contributed by atoms with E-state index in [0.29, 0.717) is 17.5 Å². The second-order valence-electron chi connectivity index (χ2n) is 5.17. The minimum Gasteiger partial charge on any atom is -0.438 e. The van der Waals surface area contributed by atoms with Crippen LogP contribution in [0, 0.1) is 13.8 Å². The number of hydrazine groups is 1. The van der Waals surface area contributed by atoms with Crippen LogP contribution in [0.4, 0.5) is 5.82 Å². The van der Waals surface area contributed by atoms with Gasteiger partial charge in [-0.25, -0.2) is 10.8 Å². The van der Waals surface area contributed by atoms with E-state index < -0.39 is 0 Å². The van der Waals surface area contributed by atoms with Crippen LogP contribution in [-0.4, -0.2) is 9.97 Å². The zero-order valence-electron chi connectivity index (χ0n) is 12.6. The Balaban J connectivity index is 2.47. The van der Waals surface area contributed by atoms with Gasteiger partial charge in [-0.2, -0.15) is 4.98 Å². The molecule has 6 heteroatoms. The van der Waals surface area contributed by atoms with Gasteiger partial charge in [0.2, 0.25) is 5.88 Å². The van der Waals surface area contributed by atoms with Gasteiger partial charge in [-0.05, 0) is 31.5 Å². The Morgan fingerprint density at radius 3 is 2.57 bits per heavy atom. The fourth-order valence-electron chi connectivity index (χ4n) is 1.80. The second-order valence-corrected chi connectivity index (χ2v) is 6.09. The van der Waals surface area contributed by atoms with Crippen LogP contribution in [-0.2, 0) is 0 Å². The molecule has 0 aliphatic rings. The maximum absolute atomic E-state index is 5.98. The predicted molar refractivity (Wildman–Crippen MR) is 87.6 cm³/mol. The van der Waals surface area contributed by atoms with E-state index in [0.717, 1.165) is 21.3 Å². The Hall–Kier alpha value is -1.66. The summed E-state index contributed by atoms with van der Waals surface area (Å²) in [4.78, 5) is 8.90. The molecule has 3 N–H and O–H groups in total. The number of nitrogen functional groups attached to an aromatic ring is 1. The summed E-state index contributed by atoms with van der Waals surface area (Å²) in [5, 5.41) is 0. The summed E-state index contributed by atoms with van der Waals surface area (Å²) >= 11 is 3.45. The van der Waals surface area contributed by atoms with Crippen molar-refractivity contribution in [2.24, 2.45) is 5.84 Å². The number of nitrogens with zero attached hydrogens (tertiary/aromatic N) is 2. The van der Waals surface area contributed by atoms with Gasteiger partial charge in [-0.3, -0.25) is 0 Å². The molecule has 0 aliphatic carbocycles. The lowest BCUT2D eigenvalue weighted by Crippen LogP contribution is -2.13. The number of benzene rings is 1. The topological polar surface area (TPSA) is 73.1 Å². The Kier molecular flexibility index (Phi) is 4.80. The Morgan fingerprint density at radius 2 is 1.95 bits per heavy atom. The molecular formula is C15H19BrN4O. The van der Waals surface area contributed by atoms with Crippen molar-refractivity contribution in [2.45, 2.75) is 33.6 Å². The molecular weight excluding hydrogens is 332 g/mol. The zero-order chi connectivity index (χ0) is 15.6. The number of hydrogen-bond donors (Lipinski definition) is 2. The summed E-state index contributed by atoms with van der Waals surface area (Å²) in [5.74, 6) is 8.26. The predicted octanol–water partition coefficient (Wildman–Crippen LogP) is 4.06. The molecule has 0 saturated carbocycles. The van der Waals surface area contributed by atoms with Crippen molar-refractivity contribution in [1.29, 1.82) is 0 Å². The summed E-state index contributed by atoms with van der Waals surface area (Å²) in [6.45, 7) is 7.92. The molecule has 1 heterocycles. The van der Waals surface area contributed by atoms with Crippen molar-refractivity contribution in [2.75, 3.05) is 5.43 Å². The third-order valence-electron chi connectivity index (χ3n) is 3.13. The SMILES string of the molecule is Cc1ccc(Br)cc1Oc1nc(C(C)C)nc(NN)c1C. The summed E-state index contributed by atoms with van der Waals surface area (Å²) in [6.07, 6.45) is 0. The van der Waals surface area contributed by atoms with Gasteiger partial charge in [0.25, 0.3) is 0 Å². The normalized spacial score (nSPS) is 10.8. The number of aromatic nitrogens is 2. The molecule has 0 aliphatic heterocycles. The molecule has 0 radical (unpaired) electrons.